The molecule has 0 radical (unpaired) electrons. The number of aliphatic hydroxyl groups is 1. The van der Waals surface area contributed by atoms with E-state index in [1.54, 1.807) is 13.3 Å². The molecule has 1 saturated carbocycles. The second-order valence-corrected chi connectivity index (χ2v) is 12.0. The predicted octanol–water partition coefficient (Wildman–Crippen LogP) is 4.51. The summed E-state index contributed by atoms with van der Waals surface area (Å²) in [6.07, 6.45) is 2.01. The smallest absolute Gasteiger partial charge is 0.224 e. The summed E-state index contributed by atoms with van der Waals surface area (Å²) in [5, 5.41) is 18.0. The Balaban J connectivity index is 1.54. The Labute approximate surface area is 223 Å². The first-order valence-corrected chi connectivity index (χ1v) is 13.2. The fourth-order valence-corrected chi connectivity index (χ4v) is 5.32. The minimum Gasteiger partial charge on any atom is -0.454 e. The number of rotatable bonds is 8. The number of hydrogen-bond donors (Lipinski definition) is 3. The van der Waals surface area contributed by atoms with Crippen molar-refractivity contribution in [3.8, 4) is 11.3 Å². The minimum atomic E-state index is -0.710. The van der Waals surface area contributed by atoms with Crippen LogP contribution in [0.4, 0.5) is 11.8 Å². The molecule has 3 aromatic rings. The Morgan fingerprint density at radius 2 is 1.92 bits per heavy atom. The van der Waals surface area contributed by atoms with Gasteiger partial charge in [-0.2, -0.15) is 4.98 Å². The van der Waals surface area contributed by atoms with Crippen molar-refractivity contribution in [3.63, 3.8) is 0 Å². The lowest BCUT2D eigenvalue weighted by atomic mass is 9.97. The van der Waals surface area contributed by atoms with Gasteiger partial charge < -0.3 is 34.4 Å². The summed E-state index contributed by atoms with van der Waals surface area (Å²) < 4.78 is 23.9. The third kappa shape index (κ3) is 5.49. The summed E-state index contributed by atoms with van der Waals surface area (Å²) in [5.74, 6) is 1.10. The SMILES string of the molecule is COCc1cc2cc(-c3c(C)nc(NCC(C)(C)C)nc3N[C@@H]3C[C@H](CO)[C@H]4OC(C)(C)O[C@H]43)oc2cn1. The lowest BCUT2D eigenvalue weighted by Gasteiger charge is -2.25. The topological polar surface area (TPSA) is 124 Å². The first-order chi connectivity index (χ1) is 18.0. The molecule has 10 heteroatoms. The predicted molar refractivity (Wildman–Crippen MR) is 145 cm³/mol. The van der Waals surface area contributed by atoms with E-state index in [0.29, 0.717) is 36.1 Å². The van der Waals surface area contributed by atoms with Gasteiger partial charge in [-0.05, 0) is 44.7 Å². The monoisotopic (exact) mass is 525 g/mol. The number of aromatic nitrogens is 3. The van der Waals surface area contributed by atoms with Crippen molar-refractivity contribution in [2.45, 2.75) is 78.6 Å². The largest absolute Gasteiger partial charge is 0.454 e. The first-order valence-electron chi connectivity index (χ1n) is 13.2. The van der Waals surface area contributed by atoms with E-state index in [9.17, 15) is 5.11 Å². The number of furan rings is 1. The molecule has 3 aromatic heterocycles. The minimum absolute atomic E-state index is 0.0272. The zero-order valence-corrected chi connectivity index (χ0v) is 23.3. The molecule has 2 fully saturated rings. The van der Waals surface area contributed by atoms with Crippen LogP contribution in [0, 0.1) is 18.3 Å². The molecule has 4 atom stereocenters. The van der Waals surface area contributed by atoms with Gasteiger partial charge in [0.05, 0.1) is 41.9 Å². The van der Waals surface area contributed by atoms with Crippen LogP contribution in [-0.4, -0.2) is 64.4 Å². The highest BCUT2D eigenvalue weighted by molar-refractivity contribution is 5.86. The third-order valence-electron chi connectivity index (χ3n) is 7.00. The summed E-state index contributed by atoms with van der Waals surface area (Å²) >= 11 is 0. The summed E-state index contributed by atoms with van der Waals surface area (Å²) in [4.78, 5) is 14.1. The van der Waals surface area contributed by atoms with Crippen molar-refractivity contribution >= 4 is 22.7 Å². The van der Waals surface area contributed by atoms with Gasteiger partial charge in [-0.1, -0.05) is 20.8 Å². The van der Waals surface area contributed by atoms with E-state index in [1.807, 2.05) is 32.9 Å². The number of nitrogens with one attached hydrogen (secondary N) is 2. The van der Waals surface area contributed by atoms with Gasteiger partial charge in [-0.15, -0.1) is 0 Å². The molecule has 206 valence electrons. The second kappa shape index (κ2) is 10.1. The van der Waals surface area contributed by atoms with Crippen molar-refractivity contribution in [1.29, 1.82) is 0 Å². The van der Waals surface area contributed by atoms with Crippen molar-refractivity contribution in [1.82, 2.24) is 15.0 Å². The van der Waals surface area contributed by atoms with Crippen LogP contribution in [0.1, 0.15) is 52.4 Å². The maximum absolute atomic E-state index is 10.0. The van der Waals surface area contributed by atoms with Crippen LogP contribution in [0.25, 0.3) is 22.3 Å². The summed E-state index contributed by atoms with van der Waals surface area (Å²) in [6, 6.07) is 3.84. The Hall–Kier alpha value is -2.79. The molecule has 1 saturated heterocycles. The molecule has 4 heterocycles. The van der Waals surface area contributed by atoms with Gasteiger partial charge in [-0.3, -0.25) is 4.98 Å². The third-order valence-corrected chi connectivity index (χ3v) is 7.00. The van der Waals surface area contributed by atoms with E-state index in [4.69, 9.17) is 28.6 Å². The molecular weight excluding hydrogens is 486 g/mol. The van der Waals surface area contributed by atoms with E-state index in [0.717, 1.165) is 28.9 Å². The number of nitrogens with zero attached hydrogens (tertiary/aromatic N) is 3. The number of aliphatic hydroxyl groups excluding tert-OH is 1. The van der Waals surface area contributed by atoms with Crippen LogP contribution in [-0.2, 0) is 20.8 Å². The zero-order valence-electron chi connectivity index (χ0n) is 23.3. The lowest BCUT2D eigenvalue weighted by Crippen LogP contribution is -2.35. The van der Waals surface area contributed by atoms with Gasteiger partial charge in [0, 0.05) is 31.6 Å². The molecular formula is C28H39N5O5. The zero-order chi connectivity index (χ0) is 27.2. The van der Waals surface area contributed by atoms with Crippen molar-refractivity contribution in [2.24, 2.45) is 11.3 Å². The molecule has 0 bridgehead atoms. The number of methoxy groups -OCH3 is 1. The highest BCUT2D eigenvalue weighted by Gasteiger charge is 2.54. The number of ether oxygens (including phenoxy) is 3. The fraction of sp³-hybridized carbons (Fsp3) is 0.607. The number of anilines is 2. The van der Waals surface area contributed by atoms with Gasteiger partial charge in [0.1, 0.15) is 17.7 Å². The van der Waals surface area contributed by atoms with Crippen LogP contribution >= 0.6 is 0 Å². The number of hydrogen-bond acceptors (Lipinski definition) is 10. The molecule has 0 aromatic carbocycles. The quantitative estimate of drug-likeness (QED) is 0.387. The molecule has 0 unspecified atom stereocenters. The van der Waals surface area contributed by atoms with Gasteiger partial charge in [0.2, 0.25) is 5.95 Å². The molecule has 10 nitrogen and oxygen atoms in total. The van der Waals surface area contributed by atoms with E-state index in [-0.39, 0.29) is 36.2 Å². The van der Waals surface area contributed by atoms with Gasteiger partial charge >= 0.3 is 0 Å². The average molecular weight is 526 g/mol. The van der Waals surface area contributed by atoms with Crippen LogP contribution in [0.5, 0.6) is 0 Å². The molecule has 0 spiro atoms. The standard InChI is InChI=1S/C28H39N5O5/c1-15-22(20-10-16-8-18(13-35-7)29-11-21(16)36-20)25(33-26(31-15)30-14-27(2,3)4)32-19-9-17(12-34)23-24(19)38-28(5,6)37-23/h8,10-11,17,19,23-24,34H,9,12-14H2,1-7H3,(H2,30,31,32,33)/t17-,19-,23-,24+/m1/s1. The normalized spacial score (nSPS) is 24.6. The lowest BCUT2D eigenvalue weighted by molar-refractivity contribution is -0.158. The van der Waals surface area contributed by atoms with E-state index in [2.05, 4.69) is 36.4 Å². The molecule has 2 aliphatic rings. The van der Waals surface area contributed by atoms with Crippen molar-refractivity contribution < 1.29 is 23.7 Å². The van der Waals surface area contributed by atoms with Gasteiger partial charge in [0.15, 0.2) is 11.4 Å². The van der Waals surface area contributed by atoms with E-state index >= 15 is 0 Å². The number of fused-ring (bicyclic) bond motifs is 2. The maximum atomic E-state index is 10.0. The van der Waals surface area contributed by atoms with E-state index in [1.165, 1.54) is 0 Å². The van der Waals surface area contributed by atoms with Crippen molar-refractivity contribution in [2.75, 3.05) is 30.9 Å². The van der Waals surface area contributed by atoms with Crippen LogP contribution < -0.4 is 10.6 Å². The number of pyridine rings is 1. The van der Waals surface area contributed by atoms with Gasteiger partial charge in [0.25, 0.3) is 0 Å². The Bertz CT molecular complexity index is 1300. The maximum Gasteiger partial charge on any atom is 0.224 e. The Morgan fingerprint density at radius 1 is 1.16 bits per heavy atom. The molecule has 1 aliphatic heterocycles. The molecule has 3 N–H and O–H groups in total. The molecule has 38 heavy (non-hydrogen) atoms. The second-order valence-electron chi connectivity index (χ2n) is 12.0. The molecule has 0 amide bonds. The Kier molecular flexibility index (Phi) is 7.10. The summed E-state index contributed by atoms with van der Waals surface area (Å²) in [7, 11) is 1.65. The molecule has 5 rings (SSSR count). The fourth-order valence-electron chi connectivity index (χ4n) is 5.32. The van der Waals surface area contributed by atoms with Gasteiger partial charge in [-0.25, -0.2) is 4.98 Å². The van der Waals surface area contributed by atoms with Crippen LogP contribution in [0.2, 0.25) is 0 Å². The highest BCUT2D eigenvalue weighted by Crippen LogP contribution is 2.44. The van der Waals surface area contributed by atoms with Crippen molar-refractivity contribution in [3.05, 3.63) is 29.7 Å². The Morgan fingerprint density at radius 3 is 2.63 bits per heavy atom. The highest BCUT2D eigenvalue weighted by atomic mass is 16.8. The van der Waals surface area contributed by atoms with Crippen LogP contribution in [0.15, 0.2) is 22.7 Å². The van der Waals surface area contributed by atoms with Crippen LogP contribution in [0.3, 0.4) is 0 Å². The molecule has 1 aliphatic carbocycles. The first kappa shape index (κ1) is 26.8. The number of aryl methyl sites for hydroxylation is 1. The average Bonchev–Trinajstić information content (AvgIpc) is 3.48. The van der Waals surface area contributed by atoms with E-state index < -0.39 is 5.79 Å². The summed E-state index contributed by atoms with van der Waals surface area (Å²) in [6.45, 7) is 13.4. The summed E-state index contributed by atoms with van der Waals surface area (Å²) in [5.41, 5.74) is 3.12.